The second-order valence-electron chi connectivity index (χ2n) is 8.06. The second-order valence-corrected chi connectivity index (χ2v) is 10.3. The molecule has 0 heterocycles. The van der Waals surface area contributed by atoms with E-state index in [2.05, 4.69) is 5.32 Å². The molecule has 6 nitrogen and oxygen atoms in total. The van der Waals surface area contributed by atoms with Crippen molar-refractivity contribution in [3.63, 3.8) is 0 Å². The van der Waals surface area contributed by atoms with Crippen LogP contribution in [-0.4, -0.2) is 28.0 Å². The minimum atomic E-state index is -4.14. The third kappa shape index (κ3) is 5.42. The lowest BCUT2D eigenvalue weighted by Gasteiger charge is -2.25. The maximum Gasteiger partial charge on any atom is 0.268 e. The lowest BCUT2D eigenvalue weighted by Crippen LogP contribution is -2.40. The number of nitrogens with one attached hydrogen (secondary N) is 1. The van der Waals surface area contributed by atoms with Crippen LogP contribution in [0.4, 0.5) is 5.69 Å². The van der Waals surface area contributed by atoms with Gasteiger partial charge in [-0.05, 0) is 65.2 Å². The molecule has 1 amide bonds. The van der Waals surface area contributed by atoms with Gasteiger partial charge in [0.2, 0.25) is 5.91 Å². The van der Waals surface area contributed by atoms with Gasteiger partial charge >= 0.3 is 0 Å². The van der Waals surface area contributed by atoms with Gasteiger partial charge in [-0.15, -0.1) is 0 Å². The van der Waals surface area contributed by atoms with Gasteiger partial charge in [0.1, 0.15) is 17.2 Å². The number of methoxy groups -OCH3 is 1. The van der Waals surface area contributed by atoms with Crippen LogP contribution in [0.3, 0.4) is 0 Å². The molecular weight excluding hydrogens is 484 g/mol. The van der Waals surface area contributed by atoms with Gasteiger partial charge < -0.3 is 10.1 Å². The van der Waals surface area contributed by atoms with E-state index in [0.29, 0.717) is 10.7 Å². The molecule has 4 aromatic carbocycles. The Bertz CT molecular complexity index is 1470. The average molecular weight is 509 g/mol. The first-order valence-corrected chi connectivity index (χ1v) is 12.8. The highest BCUT2D eigenvalue weighted by atomic mass is 35.5. The number of hydrogen-bond donors (Lipinski definition) is 1. The minimum Gasteiger partial charge on any atom is -0.495 e. The summed E-state index contributed by atoms with van der Waals surface area (Å²) in [4.78, 5) is 13.0. The highest BCUT2D eigenvalue weighted by Crippen LogP contribution is 2.31. The van der Waals surface area contributed by atoms with E-state index in [9.17, 15) is 13.2 Å². The molecule has 1 N–H and O–H groups in total. The van der Waals surface area contributed by atoms with Crippen LogP contribution in [0.1, 0.15) is 11.1 Å². The fourth-order valence-electron chi connectivity index (χ4n) is 3.85. The number of hydrogen-bond acceptors (Lipinski definition) is 4. The zero-order valence-electron chi connectivity index (χ0n) is 19.4. The van der Waals surface area contributed by atoms with Gasteiger partial charge in [0.05, 0.1) is 12.8 Å². The van der Waals surface area contributed by atoms with Crippen molar-refractivity contribution in [2.45, 2.75) is 18.4 Å². The van der Waals surface area contributed by atoms with Crippen LogP contribution in [0.25, 0.3) is 10.8 Å². The summed E-state index contributed by atoms with van der Waals surface area (Å²) in [5.41, 5.74) is 2.01. The van der Waals surface area contributed by atoms with E-state index in [0.717, 1.165) is 26.2 Å². The molecule has 0 aliphatic heterocycles. The second kappa shape index (κ2) is 10.4. The molecule has 0 spiro atoms. The van der Waals surface area contributed by atoms with Crippen molar-refractivity contribution in [1.82, 2.24) is 5.32 Å². The molecule has 0 saturated carbocycles. The fourth-order valence-corrected chi connectivity index (χ4v) is 5.64. The van der Waals surface area contributed by atoms with Crippen LogP contribution in [-0.2, 0) is 21.4 Å². The van der Waals surface area contributed by atoms with E-state index < -0.39 is 22.5 Å². The quantitative estimate of drug-likeness (QED) is 0.349. The number of carbonyl (C=O) groups is 1. The Hall–Kier alpha value is -3.55. The Balaban J connectivity index is 1.64. The number of ether oxygens (including phenoxy) is 1. The summed E-state index contributed by atoms with van der Waals surface area (Å²) in [6.07, 6.45) is 0. The summed E-state index contributed by atoms with van der Waals surface area (Å²) in [5, 5.41) is 5.42. The maximum atomic E-state index is 13.8. The monoisotopic (exact) mass is 508 g/mol. The standard InChI is InChI=1S/C27H25ClN2O4S/c1-19-10-15-25(34-2)26(16-19)35(32,33)30(23-13-11-22(28)12-14-23)18-27(31)29-17-21-8-5-7-20-6-3-4-9-24(20)21/h3-16H,17-18H2,1-2H3,(H,29,31). The van der Waals surface area contributed by atoms with Crippen LogP contribution in [0.15, 0.2) is 89.8 Å². The molecule has 0 aliphatic carbocycles. The topological polar surface area (TPSA) is 75.7 Å². The van der Waals surface area contributed by atoms with Crippen molar-refractivity contribution in [3.8, 4) is 5.75 Å². The molecule has 0 fully saturated rings. The summed E-state index contributed by atoms with van der Waals surface area (Å²) >= 11 is 6.02. The van der Waals surface area contributed by atoms with Gasteiger partial charge in [0, 0.05) is 11.6 Å². The molecule has 0 radical (unpaired) electrons. The van der Waals surface area contributed by atoms with E-state index in [1.54, 1.807) is 43.3 Å². The maximum absolute atomic E-state index is 13.8. The average Bonchev–Trinajstić information content (AvgIpc) is 2.86. The lowest BCUT2D eigenvalue weighted by molar-refractivity contribution is -0.119. The van der Waals surface area contributed by atoms with Crippen molar-refractivity contribution in [2.75, 3.05) is 18.0 Å². The van der Waals surface area contributed by atoms with Crippen LogP contribution in [0.5, 0.6) is 5.75 Å². The summed E-state index contributed by atoms with van der Waals surface area (Å²) in [6.45, 7) is 1.65. The van der Waals surface area contributed by atoms with Crippen LogP contribution in [0, 0.1) is 6.92 Å². The summed E-state index contributed by atoms with van der Waals surface area (Å²) < 4.78 is 33.9. The summed E-state index contributed by atoms with van der Waals surface area (Å²) in [5.74, 6) is -0.242. The number of fused-ring (bicyclic) bond motifs is 1. The Morgan fingerprint density at radius 1 is 0.971 bits per heavy atom. The van der Waals surface area contributed by atoms with Crippen molar-refractivity contribution in [3.05, 3.63) is 101 Å². The predicted octanol–water partition coefficient (Wildman–Crippen LogP) is 5.32. The van der Waals surface area contributed by atoms with E-state index in [4.69, 9.17) is 16.3 Å². The van der Waals surface area contributed by atoms with E-state index in [1.807, 2.05) is 42.5 Å². The van der Waals surface area contributed by atoms with Crippen molar-refractivity contribution in [2.24, 2.45) is 0 Å². The SMILES string of the molecule is COc1ccc(C)cc1S(=O)(=O)N(CC(=O)NCc1cccc2ccccc12)c1ccc(Cl)cc1. The van der Waals surface area contributed by atoms with Gasteiger partial charge in [-0.1, -0.05) is 60.1 Å². The van der Waals surface area contributed by atoms with Gasteiger partial charge in [0.25, 0.3) is 10.0 Å². The van der Waals surface area contributed by atoms with Crippen molar-refractivity contribution < 1.29 is 17.9 Å². The first-order chi connectivity index (χ1) is 16.8. The number of benzene rings is 4. The lowest BCUT2D eigenvalue weighted by atomic mass is 10.0. The number of anilines is 1. The number of sulfonamides is 1. The third-order valence-corrected chi connectivity index (χ3v) is 7.69. The van der Waals surface area contributed by atoms with Gasteiger partial charge in [-0.25, -0.2) is 8.42 Å². The molecule has 8 heteroatoms. The highest BCUT2D eigenvalue weighted by Gasteiger charge is 2.30. The number of aryl methyl sites for hydroxylation is 1. The van der Waals surface area contributed by atoms with Crippen molar-refractivity contribution >= 4 is 44.0 Å². The zero-order chi connectivity index (χ0) is 25.0. The number of carbonyl (C=O) groups excluding carboxylic acids is 1. The van der Waals surface area contributed by atoms with Crippen LogP contribution >= 0.6 is 11.6 Å². The smallest absolute Gasteiger partial charge is 0.268 e. The van der Waals surface area contributed by atoms with Crippen LogP contribution < -0.4 is 14.4 Å². The first-order valence-electron chi connectivity index (χ1n) is 11.0. The molecule has 4 rings (SSSR count). The van der Waals surface area contributed by atoms with Gasteiger partial charge in [-0.3, -0.25) is 9.10 Å². The molecule has 4 aromatic rings. The summed E-state index contributed by atoms with van der Waals surface area (Å²) in [7, 11) is -2.73. The third-order valence-electron chi connectivity index (χ3n) is 5.64. The molecule has 0 atom stereocenters. The molecule has 180 valence electrons. The Kier molecular flexibility index (Phi) is 7.28. The molecule has 0 aliphatic rings. The van der Waals surface area contributed by atoms with Crippen LogP contribution in [0.2, 0.25) is 5.02 Å². The zero-order valence-corrected chi connectivity index (χ0v) is 20.9. The molecule has 0 bridgehead atoms. The molecular formula is C27H25ClN2O4S. The molecule has 0 unspecified atom stereocenters. The van der Waals surface area contributed by atoms with Gasteiger partial charge in [-0.2, -0.15) is 0 Å². The molecule has 0 aromatic heterocycles. The number of nitrogens with zero attached hydrogens (tertiary/aromatic N) is 1. The number of halogens is 1. The highest BCUT2D eigenvalue weighted by molar-refractivity contribution is 7.93. The largest absolute Gasteiger partial charge is 0.495 e. The number of amides is 1. The summed E-state index contributed by atoms with van der Waals surface area (Å²) in [6, 6.07) is 25.0. The van der Waals surface area contributed by atoms with E-state index in [1.165, 1.54) is 13.2 Å². The van der Waals surface area contributed by atoms with Gasteiger partial charge in [0.15, 0.2) is 0 Å². The Morgan fingerprint density at radius 2 is 1.69 bits per heavy atom. The first kappa shape index (κ1) is 24.6. The number of rotatable bonds is 8. The van der Waals surface area contributed by atoms with E-state index in [-0.39, 0.29) is 17.2 Å². The van der Waals surface area contributed by atoms with Crippen molar-refractivity contribution in [1.29, 1.82) is 0 Å². The minimum absolute atomic E-state index is 0.0168. The van der Waals surface area contributed by atoms with E-state index >= 15 is 0 Å². The fraction of sp³-hybridized carbons (Fsp3) is 0.148. The molecule has 35 heavy (non-hydrogen) atoms. The molecule has 0 saturated heterocycles. The Labute approximate surface area is 210 Å². The Morgan fingerprint density at radius 3 is 2.43 bits per heavy atom. The normalized spacial score (nSPS) is 11.3. The predicted molar refractivity (Wildman–Crippen MR) is 140 cm³/mol.